The van der Waals surface area contributed by atoms with E-state index in [9.17, 15) is 4.79 Å². The zero-order chi connectivity index (χ0) is 16.2. The summed E-state index contributed by atoms with van der Waals surface area (Å²) in [5, 5.41) is 4.68. The second-order valence-electron chi connectivity index (χ2n) is 7.69. The molecule has 4 rings (SSSR count). The summed E-state index contributed by atoms with van der Waals surface area (Å²) in [7, 11) is 0. The highest BCUT2D eigenvalue weighted by atomic mass is 16.5. The molecule has 1 aromatic heterocycles. The van der Waals surface area contributed by atoms with Gasteiger partial charge in [-0.1, -0.05) is 12.8 Å². The molecule has 3 aliphatic rings. The smallest absolute Gasteiger partial charge is 0.272 e. The van der Waals surface area contributed by atoms with Crippen LogP contribution in [0.1, 0.15) is 74.3 Å². The van der Waals surface area contributed by atoms with Crippen LogP contribution < -0.4 is 0 Å². The molecule has 0 aromatic carbocycles. The summed E-state index contributed by atoms with van der Waals surface area (Å²) in [5.41, 5.74) is 3.34. The third-order valence-corrected chi connectivity index (χ3v) is 5.90. The fraction of sp³-hybridized carbons (Fsp3) is 0.778. The van der Waals surface area contributed by atoms with Gasteiger partial charge in [0.1, 0.15) is 5.69 Å². The molecule has 1 saturated carbocycles. The quantitative estimate of drug-likeness (QED) is 0.842. The van der Waals surface area contributed by atoms with Gasteiger partial charge in [0.2, 0.25) is 0 Å². The van der Waals surface area contributed by atoms with Crippen LogP contribution in [0.5, 0.6) is 0 Å². The van der Waals surface area contributed by atoms with Gasteiger partial charge in [-0.2, -0.15) is 5.10 Å². The molecule has 1 spiro atoms. The maximum absolute atomic E-state index is 13.1. The van der Waals surface area contributed by atoms with Gasteiger partial charge in [0.25, 0.3) is 5.91 Å². The number of aromatic nitrogens is 2. The number of amides is 1. The van der Waals surface area contributed by atoms with Crippen molar-refractivity contribution in [2.75, 3.05) is 13.1 Å². The van der Waals surface area contributed by atoms with Crippen molar-refractivity contribution in [3.8, 4) is 0 Å². The van der Waals surface area contributed by atoms with Crippen molar-refractivity contribution in [3.05, 3.63) is 17.0 Å². The van der Waals surface area contributed by atoms with Crippen LogP contribution in [0.25, 0.3) is 0 Å². The molecular weight excluding hydrogens is 290 g/mol. The number of carbonyl (C=O) groups is 1. The molecular formula is C18H27N3O2. The lowest BCUT2D eigenvalue weighted by Crippen LogP contribution is -2.57. The molecule has 23 heavy (non-hydrogen) atoms. The lowest BCUT2D eigenvalue weighted by Gasteiger charge is -2.48. The highest BCUT2D eigenvalue weighted by molar-refractivity contribution is 5.95. The van der Waals surface area contributed by atoms with Crippen molar-refractivity contribution >= 4 is 5.91 Å². The topological polar surface area (TPSA) is 47.4 Å². The first-order chi connectivity index (χ1) is 11.0. The van der Waals surface area contributed by atoms with Crippen molar-refractivity contribution in [2.24, 2.45) is 5.41 Å². The first-order valence-corrected chi connectivity index (χ1v) is 9.07. The summed E-state index contributed by atoms with van der Waals surface area (Å²) >= 11 is 0. The molecule has 5 nitrogen and oxygen atoms in total. The molecule has 0 radical (unpaired) electrons. The van der Waals surface area contributed by atoms with Crippen LogP contribution in [0, 0.1) is 5.41 Å². The summed E-state index contributed by atoms with van der Waals surface area (Å²) in [4.78, 5) is 15.2. The van der Waals surface area contributed by atoms with E-state index in [1.165, 1.54) is 25.7 Å². The molecule has 3 heterocycles. The number of fused-ring (bicyclic) bond motifs is 1. The Balaban J connectivity index is 1.62. The fourth-order valence-electron chi connectivity index (χ4n) is 4.76. The van der Waals surface area contributed by atoms with Crippen LogP contribution in [-0.2, 0) is 17.7 Å². The van der Waals surface area contributed by atoms with Gasteiger partial charge in [-0.05, 0) is 33.6 Å². The van der Waals surface area contributed by atoms with Gasteiger partial charge in [-0.25, -0.2) is 0 Å². The van der Waals surface area contributed by atoms with Gasteiger partial charge in [0.05, 0.1) is 17.9 Å². The fourth-order valence-corrected chi connectivity index (χ4v) is 4.76. The minimum Gasteiger partial charge on any atom is -0.369 e. The van der Waals surface area contributed by atoms with E-state index in [1.807, 2.05) is 16.5 Å². The Hall–Kier alpha value is -1.36. The summed E-state index contributed by atoms with van der Waals surface area (Å²) in [6, 6.07) is 0. The van der Waals surface area contributed by atoms with Gasteiger partial charge in [0.15, 0.2) is 0 Å². The Morgan fingerprint density at radius 2 is 2.00 bits per heavy atom. The minimum absolute atomic E-state index is 0.0225. The molecule has 1 aromatic rings. The van der Waals surface area contributed by atoms with E-state index in [-0.39, 0.29) is 18.1 Å². The molecule has 1 saturated heterocycles. The number of aryl methyl sites for hydroxylation is 1. The molecule has 0 bridgehead atoms. The predicted molar refractivity (Wildman–Crippen MR) is 87.4 cm³/mol. The number of ether oxygens (including phenoxy) is 1. The zero-order valence-electron chi connectivity index (χ0n) is 14.5. The molecule has 0 unspecified atom stereocenters. The molecule has 5 heteroatoms. The number of hydrogen-bond donors (Lipinski definition) is 0. The monoisotopic (exact) mass is 317 g/mol. The molecule has 126 valence electrons. The maximum Gasteiger partial charge on any atom is 0.272 e. The second-order valence-corrected chi connectivity index (χ2v) is 7.69. The number of carbonyl (C=O) groups excluding carboxylic acids is 1. The Kier molecular flexibility index (Phi) is 3.52. The Morgan fingerprint density at radius 1 is 1.30 bits per heavy atom. The van der Waals surface area contributed by atoms with Crippen molar-refractivity contribution in [2.45, 2.75) is 71.6 Å². The van der Waals surface area contributed by atoms with Crippen LogP contribution in [0.4, 0.5) is 0 Å². The molecule has 0 N–H and O–H groups in total. The number of likely N-dealkylation sites (tertiary alicyclic amines) is 1. The highest BCUT2D eigenvalue weighted by Crippen LogP contribution is 2.46. The molecule has 2 aliphatic heterocycles. The van der Waals surface area contributed by atoms with Gasteiger partial charge in [-0.3, -0.25) is 9.48 Å². The Morgan fingerprint density at radius 3 is 2.65 bits per heavy atom. The third kappa shape index (κ3) is 2.32. The predicted octanol–water partition coefficient (Wildman–Crippen LogP) is 2.94. The standard InChI is InChI=1S/C18H27N3O2/c1-4-21-16(14-9-12(2)23-13(3)15(14)19-21)17(22)20-10-18(11-20)7-5-6-8-18/h12-13H,4-11H2,1-3H3/t12-,13+/m0/s1. The molecule has 2 fully saturated rings. The van der Waals surface area contributed by atoms with Crippen LogP contribution in [0.2, 0.25) is 0 Å². The highest BCUT2D eigenvalue weighted by Gasteiger charge is 2.48. The lowest BCUT2D eigenvalue weighted by atomic mass is 9.78. The largest absolute Gasteiger partial charge is 0.369 e. The number of nitrogens with zero attached hydrogens (tertiary/aromatic N) is 3. The van der Waals surface area contributed by atoms with E-state index in [1.54, 1.807) is 0 Å². The number of hydrogen-bond acceptors (Lipinski definition) is 3. The van der Waals surface area contributed by atoms with Crippen LogP contribution in [-0.4, -0.2) is 39.8 Å². The van der Waals surface area contributed by atoms with Crippen molar-refractivity contribution in [1.82, 2.24) is 14.7 Å². The lowest BCUT2D eigenvalue weighted by molar-refractivity contribution is -0.00760. The first kappa shape index (κ1) is 15.2. The van der Waals surface area contributed by atoms with E-state index in [0.717, 1.165) is 43.0 Å². The van der Waals surface area contributed by atoms with E-state index >= 15 is 0 Å². The summed E-state index contributed by atoms with van der Waals surface area (Å²) in [6.45, 7) is 8.78. The minimum atomic E-state index is -0.0225. The molecule has 2 atom stereocenters. The SMILES string of the molecule is CCn1nc2c(c1C(=O)N1CC3(CCCC3)C1)C[C@H](C)O[C@@H]2C. The molecule has 1 aliphatic carbocycles. The van der Waals surface area contributed by atoms with Crippen molar-refractivity contribution in [1.29, 1.82) is 0 Å². The Labute approximate surface area is 138 Å². The third-order valence-electron chi connectivity index (χ3n) is 5.90. The average Bonchev–Trinajstić information content (AvgIpc) is 3.09. The summed E-state index contributed by atoms with van der Waals surface area (Å²) in [5.74, 6) is 0.180. The van der Waals surface area contributed by atoms with Crippen LogP contribution in [0.3, 0.4) is 0 Å². The van der Waals surface area contributed by atoms with Gasteiger partial charge >= 0.3 is 0 Å². The van der Waals surface area contributed by atoms with Crippen LogP contribution in [0.15, 0.2) is 0 Å². The molecule has 1 amide bonds. The zero-order valence-corrected chi connectivity index (χ0v) is 14.5. The average molecular weight is 317 g/mol. The van der Waals surface area contributed by atoms with E-state index in [2.05, 4.69) is 18.9 Å². The van der Waals surface area contributed by atoms with Gasteiger partial charge in [0, 0.05) is 37.0 Å². The van der Waals surface area contributed by atoms with E-state index < -0.39 is 0 Å². The summed E-state index contributed by atoms with van der Waals surface area (Å²) < 4.78 is 7.77. The number of rotatable bonds is 2. The maximum atomic E-state index is 13.1. The van der Waals surface area contributed by atoms with Crippen molar-refractivity contribution in [3.63, 3.8) is 0 Å². The van der Waals surface area contributed by atoms with E-state index in [4.69, 9.17) is 4.74 Å². The van der Waals surface area contributed by atoms with E-state index in [0.29, 0.717) is 5.41 Å². The van der Waals surface area contributed by atoms with Gasteiger partial charge < -0.3 is 9.64 Å². The van der Waals surface area contributed by atoms with Crippen LogP contribution >= 0.6 is 0 Å². The van der Waals surface area contributed by atoms with Gasteiger partial charge in [-0.15, -0.1) is 0 Å². The first-order valence-electron chi connectivity index (χ1n) is 9.07. The van der Waals surface area contributed by atoms with Crippen molar-refractivity contribution < 1.29 is 9.53 Å². The normalized spacial score (nSPS) is 28.7. The second kappa shape index (κ2) is 5.33. The summed E-state index contributed by atoms with van der Waals surface area (Å²) in [6.07, 6.45) is 6.17. The Bertz CT molecular complexity index is 622.